The van der Waals surface area contributed by atoms with Crippen LogP contribution in [0.5, 0.6) is 5.75 Å². The van der Waals surface area contributed by atoms with Gasteiger partial charge in [0.2, 0.25) is 0 Å². The average Bonchev–Trinajstić information content (AvgIpc) is 2.93. The number of anilines is 1. The predicted molar refractivity (Wildman–Crippen MR) is 86.8 cm³/mol. The summed E-state index contributed by atoms with van der Waals surface area (Å²) in [6.07, 6.45) is 0.933. The Bertz CT molecular complexity index is 740. The minimum Gasteiger partial charge on any atom is -0.493 e. The Hall–Kier alpha value is -1.70. The molecule has 0 aromatic heterocycles. The van der Waals surface area contributed by atoms with E-state index in [4.69, 9.17) is 16.3 Å². The fourth-order valence-electron chi connectivity index (χ4n) is 2.45. The summed E-state index contributed by atoms with van der Waals surface area (Å²) in [7, 11) is 0. The highest BCUT2D eigenvalue weighted by Gasteiger charge is 2.17. The number of nitriles is 1. The summed E-state index contributed by atoms with van der Waals surface area (Å²) in [4.78, 5) is 0. The molecule has 3 nitrogen and oxygen atoms in total. The molecule has 1 aliphatic heterocycles. The van der Waals surface area contributed by atoms with Gasteiger partial charge in [-0.2, -0.15) is 5.26 Å². The largest absolute Gasteiger partial charge is 0.493 e. The van der Waals surface area contributed by atoms with Crippen LogP contribution in [0.3, 0.4) is 0 Å². The van der Waals surface area contributed by atoms with Gasteiger partial charge in [0.25, 0.3) is 0 Å². The van der Waals surface area contributed by atoms with Crippen LogP contribution in [0.4, 0.5) is 5.69 Å². The van der Waals surface area contributed by atoms with Crippen molar-refractivity contribution in [1.29, 1.82) is 5.26 Å². The maximum Gasteiger partial charge on any atom is 0.127 e. The Morgan fingerprint density at radius 3 is 3.05 bits per heavy atom. The summed E-state index contributed by atoms with van der Waals surface area (Å²) >= 11 is 9.56. The summed E-state index contributed by atoms with van der Waals surface area (Å²) in [6, 6.07) is 11.6. The summed E-state index contributed by atoms with van der Waals surface area (Å²) in [5.74, 6) is 0.950. The zero-order valence-electron chi connectivity index (χ0n) is 11.1. The molecule has 2 aromatic rings. The van der Waals surface area contributed by atoms with Gasteiger partial charge in [-0.1, -0.05) is 33.6 Å². The summed E-state index contributed by atoms with van der Waals surface area (Å²) in [5, 5.41) is 12.9. The van der Waals surface area contributed by atoms with E-state index in [0.29, 0.717) is 17.1 Å². The van der Waals surface area contributed by atoms with E-state index in [-0.39, 0.29) is 0 Å². The van der Waals surface area contributed by atoms with E-state index in [1.807, 2.05) is 18.2 Å². The molecule has 1 N–H and O–H groups in total. The first kappa shape index (κ1) is 14.2. The van der Waals surface area contributed by atoms with Crippen molar-refractivity contribution in [3.05, 3.63) is 56.5 Å². The van der Waals surface area contributed by atoms with E-state index in [1.54, 1.807) is 6.07 Å². The number of rotatable bonds is 3. The van der Waals surface area contributed by atoms with Crippen molar-refractivity contribution in [2.45, 2.75) is 13.0 Å². The number of benzene rings is 2. The fraction of sp³-hybridized carbons (Fsp3) is 0.188. The van der Waals surface area contributed by atoms with E-state index >= 15 is 0 Å². The third-order valence-corrected chi connectivity index (χ3v) is 4.19. The highest BCUT2D eigenvalue weighted by atomic mass is 79.9. The second-order valence-electron chi connectivity index (χ2n) is 4.78. The van der Waals surface area contributed by atoms with Gasteiger partial charge in [0, 0.05) is 23.0 Å². The third kappa shape index (κ3) is 2.85. The first-order chi connectivity index (χ1) is 10.2. The van der Waals surface area contributed by atoms with Crippen molar-refractivity contribution in [1.82, 2.24) is 0 Å². The maximum absolute atomic E-state index is 9.19. The average molecular weight is 364 g/mol. The highest BCUT2D eigenvalue weighted by molar-refractivity contribution is 9.10. The van der Waals surface area contributed by atoms with Crippen molar-refractivity contribution in [2.75, 3.05) is 11.9 Å². The molecule has 5 heteroatoms. The van der Waals surface area contributed by atoms with Gasteiger partial charge in [-0.15, -0.1) is 0 Å². The molecule has 0 unspecified atom stereocenters. The second-order valence-corrected chi connectivity index (χ2v) is 6.10. The molecule has 1 heterocycles. The lowest BCUT2D eigenvalue weighted by Gasteiger charge is -2.12. The molecule has 0 radical (unpaired) electrons. The van der Waals surface area contributed by atoms with Crippen LogP contribution in [0.15, 0.2) is 34.8 Å². The van der Waals surface area contributed by atoms with Gasteiger partial charge >= 0.3 is 0 Å². The smallest absolute Gasteiger partial charge is 0.127 e. The zero-order chi connectivity index (χ0) is 14.8. The van der Waals surface area contributed by atoms with Gasteiger partial charge in [0.1, 0.15) is 11.8 Å². The molecular weight excluding hydrogens is 352 g/mol. The molecular formula is C16H12BrClN2O. The fourth-order valence-corrected chi connectivity index (χ4v) is 3.22. The summed E-state index contributed by atoms with van der Waals surface area (Å²) < 4.78 is 6.74. The van der Waals surface area contributed by atoms with Crippen molar-refractivity contribution >= 4 is 33.2 Å². The van der Waals surface area contributed by atoms with Gasteiger partial charge in [0.15, 0.2) is 0 Å². The molecule has 0 spiro atoms. The Balaban J connectivity index is 1.87. The van der Waals surface area contributed by atoms with Crippen LogP contribution in [0.2, 0.25) is 5.02 Å². The number of hydrogen-bond donors (Lipinski definition) is 1. The predicted octanol–water partition coefficient (Wildman–Crippen LogP) is 4.52. The van der Waals surface area contributed by atoms with Gasteiger partial charge in [-0.05, 0) is 29.8 Å². The lowest BCUT2D eigenvalue weighted by molar-refractivity contribution is 0.354. The van der Waals surface area contributed by atoms with Gasteiger partial charge in [-0.25, -0.2) is 0 Å². The van der Waals surface area contributed by atoms with Crippen LogP contribution < -0.4 is 10.1 Å². The molecule has 106 valence electrons. The van der Waals surface area contributed by atoms with Crippen LogP contribution in [-0.4, -0.2) is 6.61 Å². The minimum atomic E-state index is 0.457. The molecule has 2 aromatic carbocycles. The highest BCUT2D eigenvalue weighted by Crippen LogP contribution is 2.34. The maximum atomic E-state index is 9.19. The van der Waals surface area contributed by atoms with Gasteiger partial charge in [-0.3, -0.25) is 0 Å². The normalized spacial score (nSPS) is 12.4. The van der Waals surface area contributed by atoms with E-state index in [1.165, 1.54) is 5.56 Å². The number of ether oxygens (including phenoxy) is 1. The van der Waals surface area contributed by atoms with Crippen molar-refractivity contribution in [2.24, 2.45) is 0 Å². The molecule has 0 atom stereocenters. The van der Waals surface area contributed by atoms with E-state index in [0.717, 1.165) is 34.5 Å². The van der Waals surface area contributed by atoms with E-state index in [2.05, 4.69) is 33.4 Å². The molecule has 1 aliphatic rings. The van der Waals surface area contributed by atoms with Crippen LogP contribution in [0.1, 0.15) is 16.7 Å². The van der Waals surface area contributed by atoms with E-state index < -0.39 is 0 Å². The van der Waals surface area contributed by atoms with Gasteiger partial charge in [0.05, 0.1) is 22.9 Å². The Labute approximate surface area is 136 Å². The Kier molecular flexibility index (Phi) is 4.05. The number of hydrogen-bond acceptors (Lipinski definition) is 3. The first-order valence-electron chi connectivity index (χ1n) is 6.55. The number of halogens is 2. The molecule has 0 bridgehead atoms. The Morgan fingerprint density at radius 1 is 1.38 bits per heavy atom. The van der Waals surface area contributed by atoms with Crippen LogP contribution in [0, 0.1) is 11.3 Å². The summed E-state index contributed by atoms with van der Waals surface area (Å²) in [5.41, 5.74) is 3.48. The molecule has 0 amide bonds. The Morgan fingerprint density at radius 2 is 2.24 bits per heavy atom. The second kappa shape index (κ2) is 5.97. The first-order valence-corrected chi connectivity index (χ1v) is 7.72. The van der Waals surface area contributed by atoms with Gasteiger partial charge < -0.3 is 10.1 Å². The molecule has 0 fully saturated rings. The van der Waals surface area contributed by atoms with Crippen LogP contribution in [0.25, 0.3) is 0 Å². The monoisotopic (exact) mass is 362 g/mol. The molecule has 3 rings (SSSR count). The zero-order valence-corrected chi connectivity index (χ0v) is 13.5. The quantitative estimate of drug-likeness (QED) is 0.872. The van der Waals surface area contributed by atoms with Crippen LogP contribution >= 0.6 is 27.5 Å². The summed E-state index contributed by atoms with van der Waals surface area (Å²) in [6.45, 7) is 1.30. The molecule has 0 saturated carbocycles. The third-order valence-electron chi connectivity index (χ3n) is 3.42. The lowest BCUT2D eigenvalue weighted by atomic mass is 10.1. The minimum absolute atomic E-state index is 0.457. The lowest BCUT2D eigenvalue weighted by Crippen LogP contribution is -2.03. The molecule has 0 saturated heterocycles. The molecule has 21 heavy (non-hydrogen) atoms. The SMILES string of the molecule is N#Cc1c(Cl)cccc1NCc1cc(Br)cc2c1OCC2. The van der Waals surface area contributed by atoms with Crippen molar-refractivity contribution in [3.8, 4) is 11.8 Å². The standard InChI is InChI=1S/C16H12BrClN2O/c17-12-6-10-4-5-21-16(10)11(7-12)9-20-15-3-1-2-14(18)13(15)8-19/h1-3,6-7,20H,4-5,9H2. The number of fused-ring (bicyclic) bond motifs is 1. The van der Waals surface area contributed by atoms with Crippen molar-refractivity contribution in [3.63, 3.8) is 0 Å². The van der Waals surface area contributed by atoms with Crippen LogP contribution in [-0.2, 0) is 13.0 Å². The van der Waals surface area contributed by atoms with Crippen molar-refractivity contribution < 1.29 is 4.74 Å². The number of nitrogens with zero attached hydrogens (tertiary/aromatic N) is 1. The molecule has 0 aliphatic carbocycles. The number of nitrogens with one attached hydrogen (secondary N) is 1. The topological polar surface area (TPSA) is 45.0 Å². The van der Waals surface area contributed by atoms with E-state index in [9.17, 15) is 5.26 Å².